The van der Waals surface area contributed by atoms with E-state index in [-0.39, 0.29) is 31.2 Å². The first-order valence-electron chi connectivity index (χ1n) is 20.6. The summed E-state index contributed by atoms with van der Waals surface area (Å²) in [7, 11) is -1.91. The highest BCUT2D eigenvalue weighted by molar-refractivity contribution is 7.91. The van der Waals surface area contributed by atoms with Crippen molar-refractivity contribution in [3.05, 3.63) is 36.5 Å². The smallest absolute Gasteiger partial charge is 0.408 e. The van der Waals surface area contributed by atoms with E-state index >= 15 is 4.79 Å². The number of carbonyl (C=O) groups is 4. The van der Waals surface area contributed by atoms with Crippen LogP contribution in [-0.2, 0) is 29.1 Å². The molecule has 2 saturated carbocycles. The predicted molar refractivity (Wildman–Crippen MR) is 218 cm³/mol. The van der Waals surface area contributed by atoms with Crippen LogP contribution in [-0.4, -0.2) is 103 Å². The van der Waals surface area contributed by atoms with Crippen molar-refractivity contribution < 1.29 is 41.8 Å². The number of hydrogen-bond acceptors (Lipinski definition) is 11. The number of nitrogens with one attached hydrogen (secondary N) is 3. The number of allylic oxidation sites excluding steroid dienone is 1. The van der Waals surface area contributed by atoms with Crippen LogP contribution in [0.3, 0.4) is 0 Å². The Hall–Kier alpha value is -4.60. The first kappa shape index (κ1) is 41.6. The lowest BCUT2D eigenvalue weighted by atomic mass is 9.76. The largest absolute Gasteiger partial charge is 0.489 e. The number of ether oxygens (including phenoxy) is 3. The molecule has 7 atom stereocenters. The van der Waals surface area contributed by atoms with E-state index in [1.54, 1.807) is 33.9 Å². The van der Waals surface area contributed by atoms with Crippen LogP contribution in [0.5, 0.6) is 11.6 Å². The molecule has 2 aromatic rings. The van der Waals surface area contributed by atoms with Gasteiger partial charge in [0, 0.05) is 36.4 Å². The number of rotatable bonds is 7. The lowest BCUT2D eigenvalue weighted by molar-refractivity contribution is -0.146. The van der Waals surface area contributed by atoms with Crippen molar-refractivity contribution in [3.63, 3.8) is 0 Å². The molecule has 316 valence electrons. The topological polar surface area (TPSA) is 186 Å². The van der Waals surface area contributed by atoms with E-state index in [2.05, 4.69) is 32.2 Å². The van der Waals surface area contributed by atoms with Crippen LogP contribution in [0, 0.1) is 17.8 Å². The van der Waals surface area contributed by atoms with Crippen molar-refractivity contribution in [3.8, 4) is 11.6 Å². The summed E-state index contributed by atoms with van der Waals surface area (Å²) in [6.45, 7) is 12.3. The summed E-state index contributed by atoms with van der Waals surface area (Å²) in [6, 6.07) is 4.59. The van der Waals surface area contributed by atoms with E-state index in [0.717, 1.165) is 29.8 Å². The third-order valence-electron chi connectivity index (χ3n) is 12.4. The van der Waals surface area contributed by atoms with Gasteiger partial charge in [-0.2, -0.15) is 0 Å². The zero-order valence-electron chi connectivity index (χ0n) is 34.6. The van der Waals surface area contributed by atoms with Gasteiger partial charge in [-0.1, -0.05) is 32.4 Å². The number of hydrogen-bond donors (Lipinski definition) is 3. The maximum Gasteiger partial charge on any atom is 0.408 e. The summed E-state index contributed by atoms with van der Waals surface area (Å²) in [4.78, 5) is 65.6. The number of fused-ring (bicyclic) bond motifs is 5. The highest BCUT2D eigenvalue weighted by Gasteiger charge is 2.62. The first-order chi connectivity index (χ1) is 27.3. The monoisotopic (exact) mass is 822 g/mol. The minimum absolute atomic E-state index is 0.0324. The molecule has 2 aliphatic carbocycles. The molecule has 0 spiro atoms. The van der Waals surface area contributed by atoms with E-state index in [4.69, 9.17) is 14.2 Å². The van der Waals surface area contributed by atoms with Crippen molar-refractivity contribution in [1.82, 2.24) is 25.2 Å². The molecular weight excluding hydrogens is 765 g/mol. The summed E-state index contributed by atoms with van der Waals surface area (Å²) in [6.07, 6.45) is 7.78. The molecule has 7 rings (SSSR count). The number of nitrogens with zero attached hydrogens (tertiary/aromatic N) is 3. The summed E-state index contributed by atoms with van der Waals surface area (Å²) in [5, 5.41) is 6.76. The maximum atomic E-state index is 15.3. The third kappa shape index (κ3) is 8.30. The van der Waals surface area contributed by atoms with Gasteiger partial charge in [-0.25, -0.2) is 18.2 Å². The molecule has 5 aliphatic rings. The first-order valence-corrected chi connectivity index (χ1v) is 22.2. The molecule has 7 unspecified atom stereocenters. The average molecular weight is 823 g/mol. The van der Waals surface area contributed by atoms with Gasteiger partial charge in [-0.3, -0.25) is 19.1 Å². The van der Waals surface area contributed by atoms with Crippen LogP contribution in [0.4, 0.5) is 10.5 Å². The number of anilines is 1. The van der Waals surface area contributed by atoms with Gasteiger partial charge in [-0.15, -0.1) is 0 Å². The Morgan fingerprint density at radius 3 is 2.57 bits per heavy atom. The van der Waals surface area contributed by atoms with Gasteiger partial charge in [0.1, 0.15) is 35.4 Å². The average Bonchev–Trinajstić information content (AvgIpc) is 4.08. The fourth-order valence-corrected chi connectivity index (χ4v) is 10.2. The molecule has 0 bridgehead atoms. The van der Waals surface area contributed by atoms with Crippen LogP contribution >= 0.6 is 0 Å². The molecule has 4 heterocycles. The number of aromatic nitrogens is 1. The second-order valence-corrected chi connectivity index (χ2v) is 20.0. The molecule has 16 heteroatoms. The summed E-state index contributed by atoms with van der Waals surface area (Å²) < 4.78 is 46.6. The predicted octanol–water partition coefficient (Wildman–Crippen LogP) is 4.58. The molecule has 58 heavy (non-hydrogen) atoms. The SMILES string of the molecule is CCC1CC(C)CCC=CC2CC2(C(=O)NS(=O)(=O)C2CC2)NC(=O)C2CC(Oc3nccc4c5c(ccc34)N(C)CCO5)CN2C(=O)C1(C)NC(=O)OC(C)(C)C. The van der Waals surface area contributed by atoms with E-state index in [0.29, 0.717) is 50.0 Å². The fourth-order valence-electron chi connectivity index (χ4n) is 8.82. The second kappa shape index (κ2) is 15.5. The molecular formula is C42H58N6O9S. The van der Waals surface area contributed by atoms with Crippen molar-refractivity contribution in [2.45, 2.75) is 127 Å². The van der Waals surface area contributed by atoms with Crippen molar-refractivity contribution in [2.75, 3.05) is 31.6 Å². The molecule has 1 aromatic carbocycles. The van der Waals surface area contributed by atoms with E-state index in [1.165, 1.54) is 4.90 Å². The quantitative estimate of drug-likeness (QED) is 0.332. The zero-order valence-corrected chi connectivity index (χ0v) is 35.4. The summed E-state index contributed by atoms with van der Waals surface area (Å²) in [5.74, 6) is -1.53. The fraction of sp³-hybridized carbons (Fsp3) is 0.643. The van der Waals surface area contributed by atoms with Crippen LogP contribution in [0.25, 0.3) is 10.8 Å². The second-order valence-electron chi connectivity index (χ2n) is 18.1. The molecule has 1 saturated heterocycles. The van der Waals surface area contributed by atoms with Gasteiger partial charge in [0.25, 0.3) is 5.91 Å². The molecule has 0 radical (unpaired) electrons. The Morgan fingerprint density at radius 1 is 1.10 bits per heavy atom. The molecule has 3 fully saturated rings. The number of benzene rings is 1. The Bertz CT molecular complexity index is 2100. The van der Waals surface area contributed by atoms with Crippen LogP contribution in [0.1, 0.15) is 92.9 Å². The van der Waals surface area contributed by atoms with E-state index in [1.807, 2.05) is 44.3 Å². The maximum absolute atomic E-state index is 15.3. The minimum Gasteiger partial charge on any atom is -0.489 e. The Balaban J connectivity index is 1.26. The number of amides is 4. The normalized spacial score (nSPS) is 30.4. The molecule has 1 aromatic heterocycles. The van der Waals surface area contributed by atoms with Gasteiger partial charge in [-0.05, 0) is 96.3 Å². The number of carbonyl (C=O) groups excluding carboxylic acids is 4. The third-order valence-corrected chi connectivity index (χ3v) is 14.2. The van der Waals surface area contributed by atoms with Gasteiger partial charge in [0.15, 0.2) is 5.75 Å². The lowest BCUT2D eigenvalue weighted by Gasteiger charge is -2.41. The Morgan fingerprint density at radius 2 is 1.86 bits per heavy atom. The standard InChI is InChI=1S/C42H58N6O9S/c1-8-26-21-25(2)11-9-10-12-27-23-42(27,37(50)46-58(53,54)29-13-14-29)44-35(49)33-22-28(24-48(33)38(51)41(26,6)45-39(52)57-40(3,4)5)56-36-31-15-16-32-34(30(31)17-18-43-36)55-20-19-47(32)7/h10,12,15-18,25-29,33H,8-9,11,13-14,19-24H2,1-7H3,(H,44,49)(H,45,52)(H,46,50). The van der Waals surface area contributed by atoms with Crippen molar-refractivity contribution in [2.24, 2.45) is 17.8 Å². The van der Waals surface area contributed by atoms with E-state index in [9.17, 15) is 22.8 Å². The summed E-state index contributed by atoms with van der Waals surface area (Å²) >= 11 is 0. The van der Waals surface area contributed by atoms with Crippen molar-refractivity contribution in [1.29, 1.82) is 0 Å². The molecule has 3 aliphatic heterocycles. The van der Waals surface area contributed by atoms with Crippen molar-refractivity contribution >= 4 is 50.3 Å². The zero-order chi connectivity index (χ0) is 41.8. The van der Waals surface area contributed by atoms with Gasteiger partial charge in [0.2, 0.25) is 27.7 Å². The highest BCUT2D eigenvalue weighted by atomic mass is 32.2. The van der Waals surface area contributed by atoms with Gasteiger partial charge < -0.3 is 34.6 Å². The lowest BCUT2D eigenvalue weighted by Crippen LogP contribution is -2.65. The van der Waals surface area contributed by atoms with Crippen LogP contribution in [0.2, 0.25) is 0 Å². The highest BCUT2D eigenvalue weighted by Crippen LogP contribution is 2.47. The molecule has 4 amide bonds. The van der Waals surface area contributed by atoms with Crippen LogP contribution < -0.4 is 29.7 Å². The number of alkyl carbamates (subject to hydrolysis) is 1. The Kier molecular flexibility index (Phi) is 11.1. The minimum atomic E-state index is -3.91. The number of likely N-dealkylation sites (N-methyl/N-ethyl adjacent to an activating group) is 1. The molecule has 15 nitrogen and oxygen atoms in total. The van der Waals surface area contributed by atoms with Gasteiger partial charge >= 0.3 is 6.09 Å². The van der Waals surface area contributed by atoms with Gasteiger partial charge in [0.05, 0.1) is 24.0 Å². The van der Waals surface area contributed by atoms with Crippen LogP contribution in [0.15, 0.2) is 36.5 Å². The number of sulfonamides is 1. The van der Waals surface area contributed by atoms with E-state index < -0.39 is 73.8 Å². The Labute approximate surface area is 341 Å². The summed E-state index contributed by atoms with van der Waals surface area (Å²) in [5.41, 5.74) is -2.93. The number of pyridine rings is 1. The molecule has 3 N–H and O–H groups in total.